The van der Waals surface area contributed by atoms with Gasteiger partial charge >= 0.3 is 0 Å². The van der Waals surface area contributed by atoms with Gasteiger partial charge in [-0.25, -0.2) is 0 Å². The third-order valence-electron chi connectivity index (χ3n) is 5.09. The lowest BCUT2D eigenvalue weighted by Crippen LogP contribution is -2.28. The summed E-state index contributed by atoms with van der Waals surface area (Å²) in [5.41, 5.74) is 0. The molecular formula is C16H28O2. The largest absolute Gasteiger partial charge is 0.393 e. The van der Waals surface area contributed by atoms with E-state index < -0.39 is 0 Å². The summed E-state index contributed by atoms with van der Waals surface area (Å²) in [7, 11) is 0. The predicted octanol–water partition coefficient (Wildman–Crippen LogP) is 3.71. The molecule has 2 rings (SSSR count). The number of rotatable bonds is 5. The van der Waals surface area contributed by atoms with Crippen molar-refractivity contribution in [2.45, 2.75) is 77.2 Å². The fraction of sp³-hybridized carbons (Fsp3) is 0.938. The van der Waals surface area contributed by atoms with Gasteiger partial charge in [-0.05, 0) is 37.5 Å². The second-order valence-corrected chi connectivity index (χ2v) is 6.49. The van der Waals surface area contributed by atoms with Crippen LogP contribution >= 0.6 is 0 Å². The molecule has 2 heteroatoms. The van der Waals surface area contributed by atoms with Crippen molar-refractivity contribution in [2.75, 3.05) is 0 Å². The Labute approximate surface area is 111 Å². The zero-order valence-corrected chi connectivity index (χ0v) is 11.7. The molecule has 104 valence electrons. The molecule has 0 aliphatic heterocycles. The van der Waals surface area contributed by atoms with Gasteiger partial charge in [-0.2, -0.15) is 0 Å². The summed E-state index contributed by atoms with van der Waals surface area (Å²) < 4.78 is 0. The van der Waals surface area contributed by atoms with Gasteiger partial charge in [0.15, 0.2) is 0 Å². The van der Waals surface area contributed by atoms with Crippen LogP contribution in [0, 0.1) is 17.8 Å². The number of hydrogen-bond acceptors (Lipinski definition) is 2. The minimum absolute atomic E-state index is 0.153. The van der Waals surface area contributed by atoms with E-state index in [4.69, 9.17) is 0 Å². The maximum atomic E-state index is 11.9. The molecule has 1 N–H and O–H groups in total. The third kappa shape index (κ3) is 3.81. The van der Waals surface area contributed by atoms with Crippen LogP contribution in [0.4, 0.5) is 0 Å². The standard InChI is InChI=1S/C16H28O2/c1-2-12-7-8-16(18)14(9-12)11-15(17)10-13-5-3-4-6-13/h12-15,17H,2-11H2,1H3. The Bertz CT molecular complexity index is 268. The van der Waals surface area contributed by atoms with Crippen molar-refractivity contribution in [1.29, 1.82) is 0 Å². The van der Waals surface area contributed by atoms with E-state index in [-0.39, 0.29) is 12.0 Å². The van der Waals surface area contributed by atoms with Crippen molar-refractivity contribution < 1.29 is 9.90 Å². The van der Waals surface area contributed by atoms with Gasteiger partial charge in [0, 0.05) is 12.3 Å². The van der Waals surface area contributed by atoms with E-state index in [1.54, 1.807) is 0 Å². The number of carbonyl (C=O) groups excluding carboxylic acids is 1. The first-order chi connectivity index (χ1) is 8.69. The van der Waals surface area contributed by atoms with Crippen LogP contribution in [0.2, 0.25) is 0 Å². The van der Waals surface area contributed by atoms with Crippen LogP contribution in [0.1, 0.15) is 71.1 Å². The Balaban J connectivity index is 1.77. The SMILES string of the molecule is CCC1CCC(=O)C(CC(O)CC2CCCC2)C1. The number of hydrogen-bond donors (Lipinski definition) is 1. The van der Waals surface area contributed by atoms with E-state index in [9.17, 15) is 9.90 Å². The predicted molar refractivity (Wildman–Crippen MR) is 73.3 cm³/mol. The van der Waals surface area contributed by atoms with E-state index in [0.717, 1.165) is 38.0 Å². The second kappa shape index (κ2) is 6.70. The lowest BCUT2D eigenvalue weighted by Gasteiger charge is -2.29. The lowest BCUT2D eigenvalue weighted by atomic mass is 9.76. The topological polar surface area (TPSA) is 37.3 Å². The summed E-state index contributed by atoms with van der Waals surface area (Å²) in [4.78, 5) is 11.9. The van der Waals surface area contributed by atoms with Crippen LogP contribution < -0.4 is 0 Å². The number of aliphatic hydroxyl groups excluding tert-OH is 1. The van der Waals surface area contributed by atoms with Gasteiger partial charge in [-0.3, -0.25) is 4.79 Å². The minimum Gasteiger partial charge on any atom is -0.393 e. The zero-order chi connectivity index (χ0) is 13.0. The Morgan fingerprint density at radius 2 is 1.89 bits per heavy atom. The molecule has 2 nitrogen and oxygen atoms in total. The van der Waals surface area contributed by atoms with E-state index in [1.807, 2.05) is 0 Å². The fourth-order valence-electron chi connectivity index (χ4n) is 3.86. The molecule has 2 aliphatic carbocycles. The first kappa shape index (κ1) is 14.0. The first-order valence-electron chi connectivity index (χ1n) is 7.89. The maximum Gasteiger partial charge on any atom is 0.136 e. The molecule has 2 fully saturated rings. The molecule has 0 aromatic rings. The highest BCUT2D eigenvalue weighted by Gasteiger charge is 2.30. The maximum absolute atomic E-state index is 11.9. The van der Waals surface area contributed by atoms with Gasteiger partial charge in [-0.1, -0.05) is 39.0 Å². The number of carbonyl (C=O) groups is 1. The molecule has 18 heavy (non-hydrogen) atoms. The van der Waals surface area contributed by atoms with Crippen LogP contribution in [-0.2, 0) is 4.79 Å². The van der Waals surface area contributed by atoms with Gasteiger partial charge in [-0.15, -0.1) is 0 Å². The minimum atomic E-state index is -0.238. The lowest BCUT2D eigenvalue weighted by molar-refractivity contribution is -0.126. The van der Waals surface area contributed by atoms with Crippen LogP contribution in [0.15, 0.2) is 0 Å². The van der Waals surface area contributed by atoms with Crippen molar-refractivity contribution in [2.24, 2.45) is 17.8 Å². The molecule has 2 saturated carbocycles. The molecule has 0 aromatic heterocycles. The van der Waals surface area contributed by atoms with Crippen molar-refractivity contribution in [1.82, 2.24) is 0 Å². The Kier molecular flexibility index (Phi) is 5.23. The summed E-state index contributed by atoms with van der Waals surface area (Å²) in [6, 6.07) is 0. The summed E-state index contributed by atoms with van der Waals surface area (Å²) in [6.07, 6.45) is 10.7. The Morgan fingerprint density at radius 1 is 1.17 bits per heavy atom. The van der Waals surface area contributed by atoms with E-state index in [1.165, 1.54) is 32.1 Å². The summed E-state index contributed by atoms with van der Waals surface area (Å²) in [5, 5.41) is 10.2. The average molecular weight is 252 g/mol. The quantitative estimate of drug-likeness (QED) is 0.810. The summed E-state index contributed by atoms with van der Waals surface area (Å²) >= 11 is 0. The molecule has 0 saturated heterocycles. The molecule has 3 unspecified atom stereocenters. The number of Topliss-reactive ketones (excluding diaryl/α,β-unsaturated/α-hetero) is 1. The van der Waals surface area contributed by atoms with Crippen molar-refractivity contribution >= 4 is 5.78 Å². The van der Waals surface area contributed by atoms with Crippen LogP contribution in [0.5, 0.6) is 0 Å². The normalized spacial score (nSPS) is 31.8. The van der Waals surface area contributed by atoms with Gasteiger partial charge in [0.2, 0.25) is 0 Å². The van der Waals surface area contributed by atoms with Crippen LogP contribution in [-0.4, -0.2) is 17.0 Å². The molecule has 0 aromatic carbocycles. The Hall–Kier alpha value is -0.370. The van der Waals surface area contributed by atoms with Crippen LogP contribution in [0.3, 0.4) is 0 Å². The van der Waals surface area contributed by atoms with Crippen molar-refractivity contribution in [3.63, 3.8) is 0 Å². The highest BCUT2D eigenvalue weighted by Crippen LogP contribution is 2.34. The smallest absolute Gasteiger partial charge is 0.136 e. The van der Waals surface area contributed by atoms with E-state index >= 15 is 0 Å². The molecule has 0 heterocycles. The molecule has 0 spiro atoms. The van der Waals surface area contributed by atoms with Crippen molar-refractivity contribution in [3.8, 4) is 0 Å². The molecular weight excluding hydrogens is 224 g/mol. The van der Waals surface area contributed by atoms with Crippen molar-refractivity contribution in [3.05, 3.63) is 0 Å². The van der Waals surface area contributed by atoms with Gasteiger partial charge in [0.05, 0.1) is 6.10 Å². The second-order valence-electron chi connectivity index (χ2n) is 6.49. The average Bonchev–Trinajstić information content (AvgIpc) is 2.84. The molecule has 0 bridgehead atoms. The zero-order valence-electron chi connectivity index (χ0n) is 11.7. The fourth-order valence-corrected chi connectivity index (χ4v) is 3.86. The molecule has 0 radical (unpaired) electrons. The number of ketones is 1. The molecule has 3 atom stereocenters. The third-order valence-corrected chi connectivity index (χ3v) is 5.09. The first-order valence-corrected chi connectivity index (χ1v) is 7.89. The monoisotopic (exact) mass is 252 g/mol. The van der Waals surface area contributed by atoms with Gasteiger partial charge < -0.3 is 5.11 Å². The molecule has 2 aliphatic rings. The summed E-state index contributed by atoms with van der Waals surface area (Å²) in [5.74, 6) is 2.00. The highest BCUT2D eigenvalue weighted by atomic mass is 16.3. The number of aliphatic hydroxyl groups is 1. The van der Waals surface area contributed by atoms with Gasteiger partial charge in [0.1, 0.15) is 5.78 Å². The highest BCUT2D eigenvalue weighted by molar-refractivity contribution is 5.81. The molecule has 0 amide bonds. The van der Waals surface area contributed by atoms with Gasteiger partial charge in [0.25, 0.3) is 0 Å². The summed E-state index contributed by atoms with van der Waals surface area (Å²) in [6.45, 7) is 2.21. The van der Waals surface area contributed by atoms with E-state index in [0.29, 0.717) is 11.7 Å². The Morgan fingerprint density at radius 3 is 2.56 bits per heavy atom. The van der Waals surface area contributed by atoms with E-state index in [2.05, 4.69) is 6.92 Å². The van der Waals surface area contributed by atoms with Crippen LogP contribution in [0.25, 0.3) is 0 Å².